The molecule has 0 heterocycles. The highest BCUT2D eigenvalue weighted by Gasteiger charge is 2.06. The zero-order valence-electron chi connectivity index (χ0n) is 18.2. The van der Waals surface area contributed by atoms with Crippen molar-refractivity contribution in [1.29, 1.82) is 0 Å². The number of hydrogen-bond acceptors (Lipinski definition) is 5. The molecule has 0 saturated heterocycles. The third-order valence-electron chi connectivity index (χ3n) is 4.57. The van der Waals surface area contributed by atoms with E-state index in [1.165, 1.54) is 0 Å². The Morgan fingerprint density at radius 2 is 1.48 bits per heavy atom. The Labute approximate surface area is 184 Å². The Hall–Kier alpha value is -2.74. The third-order valence-corrected chi connectivity index (χ3v) is 4.57. The van der Waals surface area contributed by atoms with Crippen LogP contribution in [-0.4, -0.2) is 44.8 Å². The van der Waals surface area contributed by atoms with Gasteiger partial charge >= 0.3 is 0 Å². The van der Waals surface area contributed by atoms with Gasteiger partial charge in [-0.3, -0.25) is 15.0 Å². The van der Waals surface area contributed by atoms with Crippen LogP contribution < -0.4 is 16.2 Å². The summed E-state index contributed by atoms with van der Waals surface area (Å²) >= 11 is 0. The maximum Gasteiger partial charge on any atom is 0.265 e. The molecule has 0 aromatic heterocycles. The quantitative estimate of drug-likeness (QED) is 0.300. The minimum atomic E-state index is -0.181. The predicted octanol–water partition coefficient (Wildman–Crippen LogP) is 3.07. The number of unbranched alkanes of at least 4 members (excludes halogenated alkanes) is 2. The molecule has 2 aromatic carbocycles. The van der Waals surface area contributed by atoms with Gasteiger partial charge in [0.05, 0.1) is 13.2 Å². The Morgan fingerprint density at radius 1 is 0.774 bits per heavy atom. The first-order valence-corrected chi connectivity index (χ1v) is 10.8. The van der Waals surface area contributed by atoms with E-state index in [1.54, 1.807) is 24.3 Å². The van der Waals surface area contributed by atoms with Crippen LogP contribution in [0.1, 0.15) is 52.5 Å². The average molecular weight is 428 g/mol. The Bertz CT molecular complexity index is 766. The van der Waals surface area contributed by atoms with Gasteiger partial charge in [-0.1, -0.05) is 30.3 Å². The van der Waals surface area contributed by atoms with Gasteiger partial charge in [-0.05, 0) is 56.0 Å². The van der Waals surface area contributed by atoms with Crippen molar-refractivity contribution in [3.8, 4) is 0 Å². The van der Waals surface area contributed by atoms with Crippen LogP contribution >= 0.6 is 0 Å². The van der Waals surface area contributed by atoms with Crippen LogP contribution in [0.5, 0.6) is 0 Å². The zero-order chi connectivity index (χ0) is 22.2. The summed E-state index contributed by atoms with van der Waals surface area (Å²) < 4.78 is 10.7. The molecule has 0 fully saturated rings. The summed E-state index contributed by atoms with van der Waals surface area (Å²) in [4.78, 5) is 24.3. The number of nitrogens with one attached hydrogen (secondary N) is 3. The van der Waals surface area contributed by atoms with E-state index >= 15 is 0 Å². The van der Waals surface area contributed by atoms with Crippen molar-refractivity contribution in [2.75, 3.05) is 33.0 Å². The molecule has 0 radical (unpaired) electrons. The van der Waals surface area contributed by atoms with Gasteiger partial charge in [0.1, 0.15) is 0 Å². The number of carbonyl (C=O) groups is 2. The maximum absolute atomic E-state index is 12.2. The lowest BCUT2D eigenvalue weighted by Gasteiger charge is -2.09. The van der Waals surface area contributed by atoms with Gasteiger partial charge in [0.25, 0.3) is 11.8 Å². The van der Waals surface area contributed by atoms with Crippen LogP contribution in [0, 0.1) is 0 Å². The average Bonchev–Trinajstić information content (AvgIpc) is 2.81. The first-order valence-electron chi connectivity index (χ1n) is 10.8. The molecule has 2 amide bonds. The first kappa shape index (κ1) is 24.5. The number of hydrazine groups is 1. The monoisotopic (exact) mass is 427 g/mol. The molecule has 0 aliphatic carbocycles. The molecule has 0 unspecified atom stereocenters. The minimum Gasteiger partial charge on any atom is -0.379 e. The molecule has 0 bridgehead atoms. The number of amides is 2. The lowest BCUT2D eigenvalue weighted by atomic mass is 10.1. The fourth-order valence-corrected chi connectivity index (χ4v) is 2.82. The van der Waals surface area contributed by atoms with Crippen LogP contribution in [0.15, 0.2) is 54.6 Å². The van der Waals surface area contributed by atoms with Gasteiger partial charge in [-0.25, -0.2) is 5.43 Å². The first-order chi connectivity index (χ1) is 15.2. The van der Waals surface area contributed by atoms with E-state index in [0.29, 0.717) is 37.4 Å². The SMILES string of the molecule is CCOCCOCCCCCNNC(=O)c1ccc(CNC(=O)c2ccccc2)cc1. The highest BCUT2D eigenvalue weighted by atomic mass is 16.5. The number of rotatable bonds is 15. The molecule has 0 aliphatic heterocycles. The Kier molecular flexibility index (Phi) is 12.0. The van der Waals surface area contributed by atoms with Crippen LogP contribution in [0.2, 0.25) is 0 Å². The summed E-state index contributed by atoms with van der Waals surface area (Å²) in [6.45, 7) is 5.82. The molecule has 0 spiro atoms. The summed E-state index contributed by atoms with van der Waals surface area (Å²) in [7, 11) is 0. The minimum absolute atomic E-state index is 0.122. The second-order valence-corrected chi connectivity index (χ2v) is 7.00. The molecule has 3 N–H and O–H groups in total. The molecule has 2 aromatic rings. The van der Waals surface area contributed by atoms with Gasteiger partial charge in [0.2, 0.25) is 0 Å². The van der Waals surface area contributed by atoms with E-state index in [9.17, 15) is 9.59 Å². The van der Waals surface area contributed by atoms with Crippen molar-refractivity contribution < 1.29 is 19.1 Å². The molecule has 0 saturated carbocycles. The lowest BCUT2D eigenvalue weighted by molar-refractivity contribution is 0.0513. The third kappa shape index (κ3) is 10.2. The van der Waals surface area contributed by atoms with E-state index in [2.05, 4.69) is 16.2 Å². The van der Waals surface area contributed by atoms with Crippen LogP contribution in [0.3, 0.4) is 0 Å². The zero-order valence-corrected chi connectivity index (χ0v) is 18.2. The summed E-state index contributed by atoms with van der Waals surface area (Å²) in [5, 5.41) is 2.87. The lowest BCUT2D eigenvalue weighted by Crippen LogP contribution is -2.37. The topological polar surface area (TPSA) is 88.7 Å². The molecule has 168 valence electrons. The maximum atomic E-state index is 12.2. The molecular weight excluding hydrogens is 394 g/mol. The normalized spacial score (nSPS) is 10.6. The van der Waals surface area contributed by atoms with Crippen LogP contribution in [0.4, 0.5) is 0 Å². The van der Waals surface area contributed by atoms with Crippen molar-refractivity contribution in [2.24, 2.45) is 0 Å². The second-order valence-electron chi connectivity index (χ2n) is 7.00. The van der Waals surface area contributed by atoms with Gasteiger partial charge in [0, 0.05) is 37.4 Å². The summed E-state index contributed by atoms with van der Waals surface area (Å²) in [5.74, 6) is -0.303. The van der Waals surface area contributed by atoms with Gasteiger partial charge in [-0.15, -0.1) is 0 Å². The van der Waals surface area contributed by atoms with Crippen LogP contribution in [0.25, 0.3) is 0 Å². The number of ether oxygens (including phenoxy) is 2. The molecule has 2 rings (SSSR count). The molecule has 31 heavy (non-hydrogen) atoms. The van der Waals surface area contributed by atoms with E-state index < -0.39 is 0 Å². The van der Waals surface area contributed by atoms with Crippen LogP contribution in [-0.2, 0) is 16.0 Å². The Morgan fingerprint density at radius 3 is 2.23 bits per heavy atom. The van der Waals surface area contributed by atoms with Gasteiger partial charge in [0.15, 0.2) is 0 Å². The molecule has 7 nitrogen and oxygen atoms in total. The fraction of sp³-hybridized carbons (Fsp3) is 0.417. The standard InChI is InChI=1S/C24H33N3O4/c1-2-30-17-18-31-16-8-4-7-15-26-27-24(29)22-13-11-20(12-14-22)19-25-23(28)21-9-5-3-6-10-21/h3,5-6,9-14,26H,2,4,7-8,15-19H2,1H3,(H,25,28)(H,27,29). The number of hydrogen-bond donors (Lipinski definition) is 3. The smallest absolute Gasteiger partial charge is 0.265 e. The summed E-state index contributed by atoms with van der Waals surface area (Å²) in [6, 6.07) is 16.3. The van der Waals surface area contributed by atoms with Crippen molar-refractivity contribution >= 4 is 11.8 Å². The predicted molar refractivity (Wildman–Crippen MR) is 121 cm³/mol. The highest BCUT2D eigenvalue weighted by molar-refractivity contribution is 5.94. The van der Waals surface area contributed by atoms with E-state index in [0.717, 1.165) is 38.0 Å². The van der Waals surface area contributed by atoms with Gasteiger partial charge < -0.3 is 14.8 Å². The van der Waals surface area contributed by atoms with Crippen molar-refractivity contribution in [3.63, 3.8) is 0 Å². The molecular formula is C24H33N3O4. The molecule has 7 heteroatoms. The summed E-state index contributed by atoms with van der Waals surface area (Å²) in [5.41, 5.74) is 7.78. The van der Waals surface area contributed by atoms with E-state index in [1.807, 2.05) is 37.3 Å². The second kappa shape index (κ2) is 15.1. The number of carbonyl (C=O) groups excluding carboxylic acids is 2. The molecule has 0 atom stereocenters. The van der Waals surface area contributed by atoms with E-state index in [-0.39, 0.29) is 11.8 Å². The van der Waals surface area contributed by atoms with E-state index in [4.69, 9.17) is 9.47 Å². The van der Waals surface area contributed by atoms with Crippen molar-refractivity contribution in [3.05, 3.63) is 71.3 Å². The fourth-order valence-electron chi connectivity index (χ4n) is 2.82. The summed E-state index contributed by atoms with van der Waals surface area (Å²) in [6.07, 6.45) is 2.97. The van der Waals surface area contributed by atoms with Crippen molar-refractivity contribution in [2.45, 2.75) is 32.7 Å². The number of benzene rings is 2. The molecule has 0 aliphatic rings. The highest BCUT2D eigenvalue weighted by Crippen LogP contribution is 2.05. The largest absolute Gasteiger partial charge is 0.379 e. The Balaban J connectivity index is 1.56. The van der Waals surface area contributed by atoms with Crippen molar-refractivity contribution in [1.82, 2.24) is 16.2 Å². The van der Waals surface area contributed by atoms with Gasteiger partial charge in [-0.2, -0.15) is 0 Å².